The van der Waals surface area contributed by atoms with Crippen molar-refractivity contribution in [1.29, 1.82) is 0 Å². The van der Waals surface area contributed by atoms with Crippen molar-refractivity contribution >= 4 is 0 Å². The maximum Gasteiger partial charge on any atom is 0.0189 e. The lowest BCUT2D eigenvalue weighted by Crippen LogP contribution is -2.26. The molecule has 1 heteroatoms. The van der Waals surface area contributed by atoms with E-state index in [0.717, 1.165) is 0 Å². The van der Waals surface area contributed by atoms with Crippen molar-refractivity contribution in [2.75, 3.05) is 0 Å². The molecule has 0 aliphatic heterocycles. The molecule has 0 spiro atoms. The van der Waals surface area contributed by atoms with Gasteiger partial charge >= 0.3 is 0 Å². The summed E-state index contributed by atoms with van der Waals surface area (Å²) in [4.78, 5) is 0. The molecule has 1 nitrogen and oxygen atoms in total. The number of hydrogen-bond donors (Lipinski definition) is 1. The van der Waals surface area contributed by atoms with E-state index in [1.54, 1.807) is 0 Å². The van der Waals surface area contributed by atoms with Crippen molar-refractivity contribution in [3.8, 4) is 0 Å². The molecule has 2 atom stereocenters. The molecule has 0 aromatic rings. The van der Waals surface area contributed by atoms with E-state index in [9.17, 15) is 0 Å². The quantitative estimate of drug-likeness (QED) is 0.692. The van der Waals surface area contributed by atoms with Crippen LogP contribution in [0.5, 0.6) is 0 Å². The molecule has 0 heterocycles. The highest BCUT2D eigenvalue weighted by Gasteiger charge is 2.59. The van der Waals surface area contributed by atoms with Gasteiger partial charge in [0.05, 0.1) is 0 Å². The summed E-state index contributed by atoms with van der Waals surface area (Å²) >= 11 is 0. The Morgan fingerprint density at radius 3 is 1.75 bits per heavy atom. The molecule has 0 aromatic carbocycles. The highest BCUT2D eigenvalue weighted by molar-refractivity contribution is 5.15. The third-order valence-corrected chi connectivity index (χ3v) is 3.20. The van der Waals surface area contributed by atoms with E-state index >= 15 is 0 Å². The maximum absolute atomic E-state index is 6.04. The van der Waals surface area contributed by atoms with Gasteiger partial charge in [-0.3, -0.25) is 0 Å². The predicted octanol–water partition coefficient (Wildman–Crippen LogP) is 3.33. The van der Waals surface area contributed by atoms with Crippen molar-refractivity contribution in [1.82, 2.24) is 0 Å². The molecule has 1 rings (SSSR count). The van der Waals surface area contributed by atoms with Crippen LogP contribution in [0, 0.1) is 5.41 Å². The minimum atomic E-state index is 0.164. The van der Waals surface area contributed by atoms with Crippen LogP contribution in [0.1, 0.15) is 60.3 Å². The van der Waals surface area contributed by atoms with Crippen LogP contribution in [0.25, 0.3) is 0 Å². The van der Waals surface area contributed by atoms with Gasteiger partial charge < -0.3 is 5.73 Å². The lowest BCUT2D eigenvalue weighted by molar-refractivity contribution is 0.381. The molecule has 0 bridgehead atoms. The van der Waals surface area contributed by atoms with Gasteiger partial charge in [-0.15, -0.1) is 0 Å². The minimum absolute atomic E-state index is 0.164. The SMILES string of the molecule is CC.CCCC1(CC)CC1(C)N. The summed E-state index contributed by atoms with van der Waals surface area (Å²) in [5.41, 5.74) is 6.72. The van der Waals surface area contributed by atoms with Crippen molar-refractivity contribution in [2.24, 2.45) is 11.1 Å². The zero-order valence-corrected chi connectivity index (χ0v) is 9.41. The summed E-state index contributed by atoms with van der Waals surface area (Å²) in [6.07, 6.45) is 5.09. The Balaban J connectivity index is 0.000000561. The fourth-order valence-electron chi connectivity index (χ4n) is 2.22. The van der Waals surface area contributed by atoms with Crippen LogP contribution in [0.4, 0.5) is 0 Å². The molecule has 1 aliphatic rings. The fraction of sp³-hybridized carbons (Fsp3) is 1.00. The second kappa shape index (κ2) is 4.27. The first-order chi connectivity index (χ1) is 5.58. The van der Waals surface area contributed by atoms with E-state index in [1.165, 1.54) is 25.7 Å². The van der Waals surface area contributed by atoms with Gasteiger partial charge in [-0.1, -0.05) is 34.1 Å². The van der Waals surface area contributed by atoms with Gasteiger partial charge in [0.15, 0.2) is 0 Å². The second-order valence-corrected chi connectivity index (χ2v) is 3.98. The normalized spacial score (nSPS) is 38.5. The van der Waals surface area contributed by atoms with Gasteiger partial charge in [0.25, 0.3) is 0 Å². The van der Waals surface area contributed by atoms with Crippen LogP contribution in [0.15, 0.2) is 0 Å². The number of rotatable bonds is 3. The molecule has 1 saturated carbocycles. The Hall–Kier alpha value is -0.0400. The topological polar surface area (TPSA) is 26.0 Å². The van der Waals surface area contributed by atoms with Gasteiger partial charge in [-0.2, -0.15) is 0 Å². The number of nitrogens with two attached hydrogens (primary N) is 1. The first-order valence-corrected chi connectivity index (χ1v) is 5.37. The number of hydrogen-bond acceptors (Lipinski definition) is 1. The van der Waals surface area contributed by atoms with Gasteiger partial charge in [0.2, 0.25) is 0 Å². The molecule has 74 valence electrons. The van der Waals surface area contributed by atoms with Crippen LogP contribution in [0.2, 0.25) is 0 Å². The van der Waals surface area contributed by atoms with Crippen molar-refractivity contribution in [3.05, 3.63) is 0 Å². The standard InChI is InChI=1S/C9H19N.C2H6/c1-4-6-9(5-2)7-8(9,3)10;1-2/h4-7,10H2,1-3H3;1-2H3. The summed E-state index contributed by atoms with van der Waals surface area (Å²) in [5, 5.41) is 0. The van der Waals surface area contributed by atoms with Crippen LogP contribution in [-0.2, 0) is 0 Å². The van der Waals surface area contributed by atoms with Gasteiger partial charge in [-0.25, -0.2) is 0 Å². The third-order valence-electron chi connectivity index (χ3n) is 3.20. The summed E-state index contributed by atoms with van der Waals surface area (Å²) in [6.45, 7) is 10.7. The van der Waals surface area contributed by atoms with E-state index in [2.05, 4.69) is 20.8 Å². The molecule has 0 amide bonds. The van der Waals surface area contributed by atoms with Crippen LogP contribution >= 0.6 is 0 Å². The van der Waals surface area contributed by atoms with Gasteiger partial charge in [0.1, 0.15) is 0 Å². The Kier molecular flexibility index (Phi) is 4.25. The molecule has 1 fully saturated rings. The molecule has 2 unspecified atom stereocenters. The van der Waals surface area contributed by atoms with Crippen LogP contribution < -0.4 is 5.73 Å². The first-order valence-electron chi connectivity index (χ1n) is 5.37. The molecule has 12 heavy (non-hydrogen) atoms. The maximum atomic E-state index is 6.04. The first kappa shape index (κ1) is 12.0. The Morgan fingerprint density at radius 1 is 1.25 bits per heavy atom. The van der Waals surface area contributed by atoms with E-state index in [4.69, 9.17) is 5.73 Å². The molecule has 2 N–H and O–H groups in total. The Bertz CT molecular complexity index is 129. The zero-order valence-electron chi connectivity index (χ0n) is 9.41. The second-order valence-electron chi connectivity index (χ2n) is 3.98. The lowest BCUT2D eigenvalue weighted by Gasteiger charge is -2.16. The zero-order chi connectivity index (χ0) is 9.83. The van der Waals surface area contributed by atoms with E-state index < -0.39 is 0 Å². The molecule has 0 radical (unpaired) electrons. The largest absolute Gasteiger partial charge is 0.325 e. The Morgan fingerprint density at radius 2 is 1.67 bits per heavy atom. The molecular weight excluding hydrogens is 146 g/mol. The van der Waals surface area contributed by atoms with Crippen LogP contribution in [-0.4, -0.2) is 5.54 Å². The highest BCUT2D eigenvalue weighted by atomic mass is 14.9. The van der Waals surface area contributed by atoms with Gasteiger partial charge in [-0.05, 0) is 31.6 Å². The van der Waals surface area contributed by atoms with E-state index in [0.29, 0.717) is 5.41 Å². The smallest absolute Gasteiger partial charge is 0.0189 e. The monoisotopic (exact) mass is 171 g/mol. The molecule has 1 aliphatic carbocycles. The highest BCUT2D eigenvalue weighted by Crippen LogP contribution is 2.59. The van der Waals surface area contributed by atoms with Crippen molar-refractivity contribution in [3.63, 3.8) is 0 Å². The summed E-state index contributed by atoms with van der Waals surface area (Å²) in [7, 11) is 0. The average molecular weight is 171 g/mol. The fourth-order valence-corrected chi connectivity index (χ4v) is 2.22. The van der Waals surface area contributed by atoms with Crippen LogP contribution in [0.3, 0.4) is 0 Å². The van der Waals surface area contributed by atoms with Crippen molar-refractivity contribution < 1.29 is 0 Å². The van der Waals surface area contributed by atoms with E-state index in [-0.39, 0.29) is 5.54 Å². The third kappa shape index (κ3) is 2.01. The minimum Gasteiger partial charge on any atom is -0.325 e. The van der Waals surface area contributed by atoms with Gasteiger partial charge in [0, 0.05) is 5.54 Å². The summed E-state index contributed by atoms with van der Waals surface area (Å²) in [6, 6.07) is 0. The predicted molar refractivity (Wildman–Crippen MR) is 56.2 cm³/mol. The molecular formula is C11H25N. The average Bonchev–Trinajstić information content (AvgIpc) is 2.59. The Labute approximate surface area is 77.7 Å². The summed E-state index contributed by atoms with van der Waals surface area (Å²) in [5.74, 6) is 0. The molecule has 0 aromatic heterocycles. The molecule has 0 saturated heterocycles. The van der Waals surface area contributed by atoms with E-state index in [1.807, 2.05) is 13.8 Å². The van der Waals surface area contributed by atoms with Crippen molar-refractivity contribution in [2.45, 2.75) is 65.8 Å². The summed E-state index contributed by atoms with van der Waals surface area (Å²) < 4.78 is 0. The lowest BCUT2D eigenvalue weighted by atomic mass is 9.92.